The highest BCUT2D eigenvalue weighted by Gasteiger charge is 2.25. The van der Waals surface area contributed by atoms with Crippen molar-refractivity contribution in [2.45, 2.75) is 172 Å². The maximum Gasteiger partial charge on any atom is 0.322 e. The molecule has 0 bridgehead atoms. The number of aliphatic hydroxyl groups is 2. The van der Waals surface area contributed by atoms with Crippen molar-refractivity contribution in [3.05, 3.63) is 292 Å². The standard InChI is InChI=1S/C25H27BrO2.C25H28O3.C13H17BrO2.C9H11Br.C9H12O/c2*1-17-5-18(2)8-22(7-17)15-27-24-11-21(14-26)12-25(13-24)28-16-23-9-19(3)6-20(4)10-23;1-9-5-10(2)7-11(6-9)8-16-12(15)13(3,4)14;2*1-7-3-8(2)5-9(4-7)6-10/h5-13H,14-16H2,1-4H3;5-13,26H,14-16H2,1-4H3;5-7H,8H2,1-4H3;3-5H,6H2,1-2H3;3-5,10H,6H2,1-2H3. The van der Waals surface area contributed by atoms with E-state index in [9.17, 15) is 9.90 Å². The number of esters is 1. The lowest BCUT2D eigenvalue weighted by Gasteiger charge is -2.15. The lowest BCUT2D eigenvalue weighted by molar-refractivity contribution is -0.146. The van der Waals surface area contributed by atoms with E-state index in [4.69, 9.17) is 28.8 Å². The molecule has 2 N–H and O–H groups in total. The van der Waals surface area contributed by atoms with Crippen molar-refractivity contribution in [2.24, 2.45) is 0 Å². The average molecular weight is 1440 g/mol. The SMILES string of the molecule is Cc1cc(C)cc(CBr)c1.Cc1cc(C)cc(CO)c1.Cc1cc(C)cc(COC(=O)C(C)(C)Br)c1.Cc1cc(C)cc(COc2cc(CBr)cc(OCc3cc(C)cc(C)c3)c2)c1.Cc1cc(C)cc(COc2cc(CO)cc(OCc3cc(C)cc(C)c3)c2)c1. The molecular weight excluding hydrogens is 1340 g/mol. The van der Waals surface area contributed by atoms with Crippen LogP contribution >= 0.6 is 47.8 Å². The molecule has 92 heavy (non-hydrogen) atoms. The van der Waals surface area contributed by atoms with Gasteiger partial charge >= 0.3 is 5.97 Å². The molecule has 9 rings (SSSR count). The van der Waals surface area contributed by atoms with Crippen LogP contribution in [0, 0.1) is 96.9 Å². The van der Waals surface area contributed by atoms with Gasteiger partial charge in [-0.1, -0.05) is 253 Å². The maximum atomic E-state index is 11.5. The molecule has 0 aliphatic rings. The van der Waals surface area contributed by atoms with Crippen LogP contribution < -0.4 is 18.9 Å². The minimum Gasteiger partial charge on any atom is -0.489 e. The van der Waals surface area contributed by atoms with Crippen molar-refractivity contribution in [1.82, 2.24) is 0 Å². The summed E-state index contributed by atoms with van der Waals surface area (Å²) in [5, 5.41) is 20.1. The molecule has 0 heterocycles. The van der Waals surface area contributed by atoms with Gasteiger partial charge in [0.25, 0.3) is 0 Å². The lowest BCUT2D eigenvalue weighted by atomic mass is 10.1. The zero-order chi connectivity index (χ0) is 67.7. The Morgan fingerprint density at radius 2 is 0.478 bits per heavy atom. The average Bonchev–Trinajstić information content (AvgIpc) is 1.81. The highest BCUT2D eigenvalue weighted by Crippen LogP contribution is 2.29. The number of aryl methyl sites for hydroxylation is 14. The van der Waals surface area contributed by atoms with E-state index in [1.165, 1.54) is 94.6 Å². The zero-order valence-corrected chi connectivity index (χ0v) is 61.7. The normalized spacial score (nSPS) is 10.7. The molecule has 0 aliphatic heterocycles. The Kier molecular flexibility index (Phi) is 31.0. The number of carbonyl (C=O) groups is 1. The van der Waals surface area contributed by atoms with Crippen molar-refractivity contribution in [2.75, 3.05) is 0 Å². The van der Waals surface area contributed by atoms with Crippen LogP contribution in [0.4, 0.5) is 0 Å². The van der Waals surface area contributed by atoms with E-state index in [-0.39, 0.29) is 19.2 Å². The summed E-state index contributed by atoms with van der Waals surface area (Å²) in [6, 6.07) is 56.3. The largest absolute Gasteiger partial charge is 0.489 e. The molecule has 0 aliphatic carbocycles. The zero-order valence-electron chi connectivity index (χ0n) is 56.9. The number of alkyl halides is 3. The number of halogens is 3. The van der Waals surface area contributed by atoms with Crippen LogP contribution in [0.1, 0.15) is 142 Å². The fourth-order valence-corrected chi connectivity index (χ4v) is 11.6. The second-order valence-electron chi connectivity index (χ2n) is 24.9. The van der Waals surface area contributed by atoms with Gasteiger partial charge in [-0.2, -0.15) is 0 Å². The Morgan fingerprint density at radius 1 is 0.293 bits per heavy atom. The summed E-state index contributed by atoms with van der Waals surface area (Å²) < 4.78 is 28.7. The lowest BCUT2D eigenvalue weighted by Crippen LogP contribution is -2.26. The van der Waals surface area contributed by atoms with Gasteiger partial charge in [0.15, 0.2) is 0 Å². The molecule has 9 aromatic rings. The third kappa shape index (κ3) is 28.5. The van der Waals surface area contributed by atoms with Crippen LogP contribution in [0.2, 0.25) is 0 Å². The van der Waals surface area contributed by atoms with Crippen LogP contribution in [-0.4, -0.2) is 20.5 Å². The van der Waals surface area contributed by atoms with Crippen molar-refractivity contribution in [1.29, 1.82) is 0 Å². The number of carbonyl (C=O) groups excluding carboxylic acids is 1. The molecule has 0 amide bonds. The molecule has 0 radical (unpaired) electrons. The molecule has 8 nitrogen and oxygen atoms in total. The fourth-order valence-electron chi connectivity index (χ4n) is 10.8. The van der Waals surface area contributed by atoms with Gasteiger partial charge in [-0.25, -0.2) is 0 Å². The number of benzene rings is 9. The molecular formula is C81H95Br3O8. The second-order valence-corrected chi connectivity index (χ2v) is 28.0. The van der Waals surface area contributed by atoms with Crippen LogP contribution in [0.25, 0.3) is 0 Å². The number of ether oxygens (including phenoxy) is 5. The Bertz CT molecular complexity index is 3340. The van der Waals surface area contributed by atoms with E-state index < -0.39 is 4.32 Å². The second kappa shape index (κ2) is 37.6. The molecule has 0 fully saturated rings. The Balaban J connectivity index is 0.000000223. The first kappa shape index (κ1) is 75.7. The van der Waals surface area contributed by atoms with E-state index in [1.807, 2.05) is 76.2 Å². The van der Waals surface area contributed by atoms with E-state index in [1.54, 1.807) is 13.8 Å². The third-order valence-electron chi connectivity index (χ3n) is 14.0. The highest BCUT2D eigenvalue weighted by molar-refractivity contribution is 9.10. The number of aliphatic hydroxyl groups excluding tert-OH is 2. The van der Waals surface area contributed by atoms with Gasteiger partial charge in [0, 0.05) is 22.8 Å². The quantitative estimate of drug-likeness (QED) is 0.0610. The molecule has 488 valence electrons. The Hall–Kier alpha value is -6.99. The summed E-state index contributed by atoms with van der Waals surface area (Å²) in [6.45, 7) is 35.2. The van der Waals surface area contributed by atoms with Crippen molar-refractivity contribution in [3.8, 4) is 23.0 Å². The predicted octanol–water partition coefficient (Wildman–Crippen LogP) is 21.1. The minimum atomic E-state index is -0.619. The molecule has 0 saturated carbocycles. The topological polar surface area (TPSA) is 104 Å². The van der Waals surface area contributed by atoms with E-state index in [2.05, 4.69) is 232 Å². The smallest absolute Gasteiger partial charge is 0.322 e. The van der Waals surface area contributed by atoms with Gasteiger partial charge in [0.1, 0.15) is 60.4 Å². The molecule has 11 heteroatoms. The van der Waals surface area contributed by atoms with Gasteiger partial charge < -0.3 is 33.9 Å². The summed E-state index contributed by atoms with van der Waals surface area (Å²) in [6.07, 6.45) is 0. The molecule has 9 aromatic carbocycles. The fraction of sp³-hybridized carbons (Fsp3) is 0.321. The first-order valence-corrected chi connectivity index (χ1v) is 34.1. The van der Waals surface area contributed by atoms with E-state index in [0.717, 1.165) is 55.5 Å². The van der Waals surface area contributed by atoms with E-state index >= 15 is 0 Å². The summed E-state index contributed by atoms with van der Waals surface area (Å²) >= 11 is 10.2. The molecule has 0 saturated heterocycles. The monoisotopic (exact) mass is 1430 g/mol. The minimum absolute atomic E-state index is 0.0549. The van der Waals surface area contributed by atoms with Gasteiger partial charge in [-0.15, -0.1) is 0 Å². The van der Waals surface area contributed by atoms with Crippen molar-refractivity contribution >= 4 is 53.8 Å². The van der Waals surface area contributed by atoms with Crippen LogP contribution in [0.3, 0.4) is 0 Å². The number of rotatable bonds is 19. The highest BCUT2D eigenvalue weighted by atomic mass is 79.9. The van der Waals surface area contributed by atoms with Crippen LogP contribution in [-0.2, 0) is 66.4 Å². The summed E-state index contributed by atoms with van der Waals surface area (Å²) in [5.74, 6) is 2.80. The summed E-state index contributed by atoms with van der Waals surface area (Å²) in [5.41, 5.74) is 27.3. The Morgan fingerprint density at radius 3 is 0.696 bits per heavy atom. The van der Waals surface area contributed by atoms with Crippen molar-refractivity contribution in [3.63, 3.8) is 0 Å². The maximum absolute atomic E-state index is 11.5. The van der Waals surface area contributed by atoms with E-state index in [0.29, 0.717) is 44.5 Å². The number of hydrogen-bond donors (Lipinski definition) is 2. The Labute approximate surface area is 575 Å². The van der Waals surface area contributed by atoms with Crippen molar-refractivity contribution < 1.29 is 38.7 Å². The molecule has 0 spiro atoms. The van der Waals surface area contributed by atoms with Gasteiger partial charge in [0.05, 0.1) is 13.2 Å². The summed E-state index contributed by atoms with van der Waals surface area (Å²) in [4.78, 5) is 11.5. The number of hydrogen-bond acceptors (Lipinski definition) is 8. The predicted molar refractivity (Wildman–Crippen MR) is 392 cm³/mol. The first-order valence-electron chi connectivity index (χ1n) is 31.0. The third-order valence-corrected chi connectivity index (χ3v) is 15.6. The molecule has 0 unspecified atom stereocenters. The molecule has 0 aromatic heterocycles. The van der Waals surface area contributed by atoms with Gasteiger partial charge in [-0.05, 0) is 185 Å². The van der Waals surface area contributed by atoms with Gasteiger partial charge in [0.2, 0.25) is 0 Å². The van der Waals surface area contributed by atoms with Gasteiger partial charge in [-0.3, -0.25) is 4.79 Å². The first-order chi connectivity index (χ1) is 43.5. The summed E-state index contributed by atoms with van der Waals surface area (Å²) in [7, 11) is 0. The van der Waals surface area contributed by atoms with Crippen LogP contribution in [0.15, 0.2) is 164 Å². The van der Waals surface area contributed by atoms with Crippen LogP contribution in [0.5, 0.6) is 23.0 Å². The molecule has 0 atom stereocenters.